The van der Waals surface area contributed by atoms with E-state index in [4.69, 9.17) is 18.6 Å². The highest BCUT2D eigenvalue weighted by atomic mass is 16.5. The molecule has 2 N–H and O–H groups in total. The topological polar surface area (TPSA) is 99.0 Å². The molecular weight excluding hydrogens is 424 g/mol. The Kier molecular flexibility index (Phi) is 7.91. The smallest absolute Gasteiger partial charge is 0.272 e. The van der Waals surface area contributed by atoms with Gasteiger partial charge in [0.25, 0.3) is 11.8 Å². The minimum atomic E-state index is -0.541. The molecule has 3 aromatic rings. The maximum absolute atomic E-state index is 13.0. The van der Waals surface area contributed by atoms with Crippen molar-refractivity contribution in [3.8, 4) is 17.2 Å². The fraction of sp³-hybridized carbons (Fsp3) is 0.120. The van der Waals surface area contributed by atoms with Crippen LogP contribution in [0.25, 0.3) is 6.08 Å². The third-order valence-corrected chi connectivity index (χ3v) is 4.43. The standard InChI is InChI=1S/C25H24N2O6/c1-4-12-32-19-8-5-7-18(15-19)26-25(29)21(16-20-9-6-13-33-20)27-24(28)17-10-11-22(30-2)23(14-17)31-3/h4-11,13-16H,1,12H2,2-3H3,(H,26,29)(H,27,28)/b21-16-. The van der Waals surface area contributed by atoms with Gasteiger partial charge in [-0.05, 0) is 42.5 Å². The van der Waals surface area contributed by atoms with Crippen LogP contribution in [0.1, 0.15) is 16.1 Å². The number of ether oxygens (including phenoxy) is 3. The fourth-order valence-corrected chi connectivity index (χ4v) is 2.86. The summed E-state index contributed by atoms with van der Waals surface area (Å²) in [6.07, 6.45) is 4.53. The van der Waals surface area contributed by atoms with Crippen molar-refractivity contribution in [2.24, 2.45) is 0 Å². The van der Waals surface area contributed by atoms with Crippen molar-refractivity contribution in [2.75, 3.05) is 26.1 Å². The van der Waals surface area contributed by atoms with Crippen LogP contribution in [0.4, 0.5) is 5.69 Å². The van der Waals surface area contributed by atoms with Crippen LogP contribution in [-0.4, -0.2) is 32.6 Å². The molecule has 0 unspecified atom stereocenters. The second-order valence-electron chi connectivity index (χ2n) is 6.68. The van der Waals surface area contributed by atoms with Gasteiger partial charge in [0.05, 0.1) is 20.5 Å². The first-order valence-electron chi connectivity index (χ1n) is 9.97. The number of hydrogen-bond acceptors (Lipinski definition) is 6. The molecule has 2 amide bonds. The maximum atomic E-state index is 13.0. The molecule has 2 aromatic carbocycles. The minimum Gasteiger partial charge on any atom is -0.493 e. The SMILES string of the molecule is C=CCOc1cccc(NC(=O)/C(=C/c2ccco2)NC(=O)c2ccc(OC)c(OC)c2)c1. The molecule has 0 aliphatic rings. The third kappa shape index (κ3) is 6.27. The van der Waals surface area contributed by atoms with E-state index in [9.17, 15) is 9.59 Å². The molecule has 0 radical (unpaired) electrons. The van der Waals surface area contributed by atoms with Crippen LogP contribution in [0.3, 0.4) is 0 Å². The fourth-order valence-electron chi connectivity index (χ4n) is 2.86. The van der Waals surface area contributed by atoms with Crippen molar-refractivity contribution in [1.82, 2.24) is 5.32 Å². The molecule has 3 rings (SSSR count). The van der Waals surface area contributed by atoms with Gasteiger partial charge in [-0.1, -0.05) is 18.7 Å². The lowest BCUT2D eigenvalue weighted by atomic mass is 10.1. The van der Waals surface area contributed by atoms with Crippen LogP contribution in [0.5, 0.6) is 17.2 Å². The van der Waals surface area contributed by atoms with Crippen molar-refractivity contribution < 1.29 is 28.2 Å². The first kappa shape index (κ1) is 23.2. The predicted molar refractivity (Wildman–Crippen MR) is 124 cm³/mol. The number of amides is 2. The van der Waals surface area contributed by atoms with Crippen LogP contribution >= 0.6 is 0 Å². The van der Waals surface area contributed by atoms with E-state index in [1.54, 1.807) is 54.6 Å². The molecule has 0 bridgehead atoms. The number of methoxy groups -OCH3 is 2. The molecule has 170 valence electrons. The highest BCUT2D eigenvalue weighted by molar-refractivity contribution is 6.10. The molecule has 0 spiro atoms. The van der Waals surface area contributed by atoms with E-state index >= 15 is 0 Å². The number of anilines is 1. The van der Waals surface area contributed by atoms with Gasteiger partial charge >= 0.3 is 0 Å². The van der Waals surface area contributed by atoms with E-state index in [0.29, 0.717) is 35.3 Å². The molecule has 0 fully saturated rings. The molecular formula is C25H24N2O6. The van der Waals surface area contributed by atoms with E-state index in [1.165, 1.54) is 32.6 Å². The zero-order valence-corrected chi connectivity index (χ0v) is 18.3. The monoisotopic (exact) mass is 448 g/mol. The minimum absolute atomic E-state index is 0.0119. The Labute approximate surface area is 191 Å². The summed E-state index contributed by atoms with van der Waals surface area (Å²) in [7, 11) is 2.98. The first-order valence-corrected chi connectivity index (χ1v) is 9.97. The Morgan fingerprint density at radius 1 is 1.03 bits per heavy atom. The van der Waals surface area contributed by atoms with Crippen molar-refractivity contribution in [1.29, 1.82) is 0 Å². The van der Waals surface area contributed by atoms with Crippen molar-refractivity contribution in [3.05, 3.63) is 90.5 Å². The Hall–Kier alpha value is -4.46. The van der Waals surface area contributed by atoms with E-state index in [1.807, 2.05) is 0 Å². The summed E-state index contributed by atoms with van der Waals surface area (Å²) in [5, 5.41) is 5.39. The maximum Gasteiger partial charge on any atom is 0.272 e. The Morgan fingerprint density at radius 2 is 1.85 bits per heavy atom. The Bertz CT molecular complexity index is 1150. The predicted octanol–water partition coefficient (Wildman–Crippen LogP) is 4.27. The summed E-state index contributed by atoms with van der Waals surface area (Å²) in [5.41, 5.74) is 0.764. The summed E-state index contributed by atoms with van der Waals surface area (Å²) < 4.78 is 21.3. The Balaban J connectivity index is 1.83. The summed E-state index contributed by atoms with van der Waals surface area (Å²) in [6.45, 7) is 3.95. The van der Waals surface area contributed by atoms with Crippen LogP contribution in [-0.2, 0) is 4.79 Å². The van der Waals surface area contributed by atoms with Gasteiger partial charge in [-0.3, -0.25) is 9.59 Å². The summed E-state index contributed by atoms with van der Waals surface area (Å²) in [6, 6.07) is 14.9. The Morgan fingerprint density at radius 3 is 2.55 bits per heavy atom. The number of nitrogens with one attached hydrogen (secondary N) is 2. The normalized spacial score (nSPS) is 10.8. The molecule has 0 aliphatic heterocycles. The number of benzene rings is 2. The van der Waals surface area contributed by atoms with Gasteiger partial charge in [0, 0.05) is 23.4 Å². The van der Waals surface area contributed by atoms with E-state index in [0.717, 1.165) is 0 Å². The number of furan rings is 1. The van der Waals surface area contributed by atoms with Crippen molar-refractivity contribution >= 4 is 23.6 Å². The molecule has 33 heavy (non-hydrogen) atoms. The zero-order chi connectivity index (χ0) is 23.6. The third-order valence-electron chi connectivity index (χ3n) is 4.43. The van der Waals surface area contributed by atoms with Crippen LogP contribution in [0.2, 0.25) is 0 Å². The van der Waals surface area contributed by atoms with Crippen LogP contribution < -0.4 is 24.8 Å². The highest BCUT2D eigenvalue weighted by Gasteiger charge is 2.17. The average molecular weight is 448 g/mol. The van der Waals surface area contributed by atoms with E-state index in [2.05, 4.69) is 17.2 Å². The summed E-state index contributed by atoms with van der Waals surface area (Å²) >= 11 is 0. The summed E-state index contributed by atoms with van der Waals surface area (Å²) in [5.74, 6) is 0.793. The van der Waals surface area contributed by atoms with Gasteiger partial charge in [-0.2, -0.15) is 0 Å². The molecule has 8 heteroatoms. The van der Waals surface area contributed by atoms with Gasteiger partial charge in [0.1, 0.15) is 23.8 Å². The molecule has 0 saturated heterocycles. The van der Waals surface area contributed by atoms with Gasteiger partial charge in [0.15, 0.2) is 11.5 Å². The molecule has 1 heterocycles. The summed E-state index contributed by atoms with van der Waals surface area (Å²) in [4.78, 5) is 25.9. The number of hydrogen-bond donors (Lipinski definition) is 2. The van der Waals surface area contributed by atoms with Gasteiger partial charge in [-0.25, -0.2) is 0 Å². The van der Waals surface area contributed by atoms with E-state index < -0.39 is 11.8 Å². The average Bonchev–Trinajstić information content (AvgIpc) is 3.35. The molecule has 0 aliphatic carbocycles. The number of rotatable bonds is 10. The number of carbonyl (C=O) groups excluding carboxylic acids is 2. The zero-order valence-electron chi connectivity index (χ0n) is 18.3. The van der Waals surface area contributed by atoms with Crippen molar-refractivity contribution in [2.45, 2.75) is 0 Å². The highest BCUT2D eigenvalue weighted by Crippen LogP contribution is 2.27. The molecule has 8 nitrogen and oxygen atoms in total. The largest absolute Gasteiger partial charge is 0.493 e. The second-order valence-corrected chi connectivity index (χ2v) is 6.68. The lowest BCUT2D eigenvalue weighted by molar-refractivity contribution is -0.113. The number of carbonyl (C=O) groups is 2. The van der Waals surface area contributed by atoms with Gasteiger partial charge in [-0.15, -0.1) is 0 Å². The lowest BCUT2D eigenvalue weighted by Gasteiger charge is -2.13. The molecule has 0 atom stereocenters. The first-order chi connectivity index (χ1) is 16.0. The lowest BCUT2D eigenvalue weighted by Crippen LogP contribution is -2.30. The van der Waals surface area contributed by atoms with Crippen LogP contribution in [0, 0.1) is 0 Å². The molecule has 0 saturated carbocycles. The van der Waals surface area contributed by atoms with Crippen LogP contribution in [0.15, 0.2) is 83.6 Å². The van der Waals surface area contributed by atoms with Gasteiger partial charge in [0.2, 0.25) is 0 Å². The molecule has 1 aromatic heterocycles. The van der Waals surface area contributed by atoms with Gasteiger partial charge < -0.3 is 29.3 Å². The second kappa shape index (κ2) is 11.2. The quantitative estimate of drug-likeness (QED) is 0.355. The van der Waals surface area contributed by atoms with Crippen molar-refractivity contribution in [3.63, 3.8) is 0 Å². The van der Waals surface area contributed by atoms with E-state index in [-0.39, 0.29) is 11.3 Å².